The van der Waals surface area contributed by atoms with Crippen molar-refractivity contribution in [3.8, 4) is 0 Å². The molecule has 4 heteroatoms. The zero-order valence-electron chi connectivity index (χ0n) is 10.0. The van der Waals surface area contributed by atoms with Crippen molar-refractivity contribution in [1.82, 2.24) is 4.90 Å². The Morgan fingerprint density at radius 1 is 1.62 bits per heavy atom. The average molecular weight is 246 g/mol. The van der Waals surface area contributed by atoms with Crippen LogP contribution in [0.5, 0.6) is 0 Å². The number of ether oxygens (including phenoxy) is 1. The summed E-state index contributed by atoms with van der Waals surface area (Å²) in [4.78, 5) is 13.8. The van der Waals surface area contributed by atoms with Crippen LogP contribution >= 0.6 is 11.6 Å². The number of nitrogens with zero attached hydrogens (tertiary/aromatic N) is 1. The number of carbonyl (C=O) groups excluding carboxylic acids is 1. The number of carbonyl (C=O) groups is 1. The summed E-state index contributed by atoms with van der Waals surface area (Å²) < 4.78 is 5.27. The number of rotatable bonds is 3. The van der Waals surface area contributed by atoms with E-state index in [9.17, 15) is 4.79 Å². The van der Waals surface area contributed by atoms with Crippen molar-refractivity contribution in [3.05, 3.63) is 0 Å². The van der Waals surface area contributed by atoms with Crippen molar-refractivity contribution in [2.45, 2.75) is 31.6 Å². The summed E-state index contributed by atoms with van der Waals surface area (Å²) in [5.74, 6) is 0.581. The number of methoxy groups -OCH3 is 1. The van der Waals surface area contributed by atoms with Gasteiger partial charge in [-0.3, -0.25) is 4.79 Å². The lowest BCUT2D eigenvalue weighted by atomic mass is 9.63. The molecule has 1 saturated heterocycles. The molecule has 2 rings (SSSR count). The zero-order valence-corrected chi connectivity index (χ0v) is 10.8. The maximum absolute atomic E-state index is 11.9. The largest absolute Gasteiger partial charge is 0.384 e. The van der Waals surface area contributed by atoms with Crippen LogP contribution in [0.3, 0.4) is 0 Å². The van der Waals surface area contributed by atoms with Gasteiger partial charge in [-0.2, -0.15) is 0 Å². The molecule has 1 aliphatic heterocycles. The Hall–Kier alpha value is -0.280. The molecule has 1 aliphatic carbocycles. The molecule has 1 heterocycles. The predicted molar refractivity (Wildman–Crippen MR) is 63.5 cm³/mol. The first-order valence-corrected chi connectivity index (χ1v) is 6.44. The molecule has 16 heavy (non-hydrogen) atoms. The van der Waals surface area contributed by atoms with Crippen LogP contribution < -0.4 is 0 Å². The maximum Gasteiger partial charge on any atom is 0.240 e. The Bertz CT molecular complexity index is 276. The van der Waals surface area contributed by atoms with Gasteiger partial charge in [0.25, 0.3) is 0 Å². The maximum atomic E-state index is 11.9. The van der Waals surface area contributed by atoms with Crippen molar-refractivity contribution < 1.29 is 9.53 Å². The predicted octanol–water partition coefficient (Wildman–Crippen LogP) is 1.89. The number of hydrogen-bond acceptors (Lipinski definition) is 2. The van der Waals surface area contributed by atoms with Crippen LogP contribution in [0.1, 0.15) is 26.2 Å². The summed E-state index contributed by atoms with van der Waals surface area (Å²) >= 11 is 5.86. The van der Waals surface area contributed by atoms with E-state index >= 15 is 0 Å². The zero-order chi connectivity index (χ0) is 11.8. The third kappa shape index (κ3) is 1.95. The fourth-order valence-electron chi connectivity index (χ4n) is 3.08. The first-order valence-electron chi connectivity index (χ1n) is 6.01. The minimum Gasteiger partial charge on any atom is -0.384 e. The fraction of sp³-hybridized carbons (Fsp3) is 0.917. The summed E-state index contributed by atoms with van der Waals surface area (Å²) in [6, 6.07) is 0. The molecule has 1 amide bonds. The van der Waals surface area contributed by atoms with E-state index < -0.39 is 5.38 Å². The molecule has 3 nitrogen and oxygen atoms in total. The second kappa shape index (κ2) is 4.53. The van der Waals surface area contributed by atoms with Crippen molar-refractivity contribution in [3.63, 3.8) is 0 Å². The number of likely N-dealkylation sites (tertiary alicyclic amines) is 1. The van der Waals surface area contributed by atoms with E-state index in [1.165, 1.54) is 19.3 Å². The second-order valence-electron chi connectivity index (χ2n) is 5.20. The van der Waals surface area contributed by atoms with Crippen LogP contribution in [-0.2, 0) is 9.53 Å². The minimum atomic E-state index is -0.404. The minimum absolute atomic E-state index is 0.0755. The van der Waals surface area contributed by atoms with Gasteiger partial charge in [0.05, 0.1) is 6.61 Å². The van der Waals surface area contributed by atoms with Gasteiger partial charge in [-0.15, -0.1) is 11.6 Å². The summed E-state index contributed by atoms with van der Waals surface area (Å²) in [5.41, 5.74) is 0.345. The van der Waals surface area contributed by atoms with Crippen LogP contribution in [-0.4, -0.2) is 43.0 Å². The molecule has 1 spiro atoms. The van der Waals surface area contributed by atoms with E-state index in [2.05, 4.69) is 0 Å². The van der Waals surface area contributed by atoms with Gasteiger partial charge in [0.15, 0.2) is 0 Å². The third-order valence-corrected chi connectivity index (χ3v) is 4.37. The third-order valence-electron chi connectivity index (χ3n) is 4.18. The first kappa shape index (κ1) is 12.2. The van der Waals surface area contributed by atoms with E-state index in [1.54, 1.807) is 14.0 Å². The lowest BCUT2D eigenvalue weighted by molar-refractivity contribution is -0.130. The highest BCUT2D eigenvalue weighted by Gasteiger charge is 2.51. The Kier molecular flexibility index (Phi) is 3.45. The van der Waals surface area contributed by atoms with E-state index in [-0.39, 0.29) is 5.91 Å². The lowest BCUT2D eigenvalue weighted by Gasteiger charge is -2.42. The van der Waals surface area contributed by atoms with Crippen LogP contribution in [0, 0.1) is 11.3 Å². The van der Waals surface area contributed by atoms with Gasteiger partial charge in [0.2, 0.25) is 5.91 Å². The van der Waals surface area contributed by atoms with E-state index in [0.29, 0.717) is 11.3 Å². The van der Waals surface area contributed by atoms with E-state index in [4.69, 9.17) is 16.3 Å². The molecule has 0 radical (unpaired) electrons. The molecular formula is C12H20ClNO2. The van der Waals surface area contributed by atoms with E-state index in [1.807, 2.05) is 4.90 Å². The molecule has 0 bridgehead atoms. The molecule has 1 saturated carbocycles. The van der Waals surface area contributed by atoms with Gasteiger partial charge in [-0.05, 0) is 25.2 Å². The Balaban J connectivity index is 2.03. The standard InChI is InChI=1S/C12H20ClNO2/c1-9(13)11(15)14-6-10(7-16-2)12(8-14)4-3-5-12/h9-10H,3-8H2,1-2H3/t9-,10-/m1/s1. The smallest absolute Gasteiger partial charge is 0.240 e. The molecule has 0 unspecified atom stereocenters. The van der Waals surface area contributed by atoms with E-state index in [0.717, 1.165) is 19.7 Å². The second-order valence-corrected chi connectivity index (χ2v) is 5.86. The lowest BCUT2D eigenvalue weighted by Crippen LogP contribution is -2.40. The van der Waals surface area contributed by atoms with Crippen molar-refractivity contribution in [1.29, 1.82) is 0 Å². The molecule has 0 aromatic carbocycles. The monoisotopic (exact) mass is 245 g/mol. The molecule has 2 atom stereocenters. The molecule has 2 fully saturated rings. The Morgan fingerprint density at radius 2 is 2.31 bits per heavy atom. The van der Waals surface area contributed by atoms with Crippen molar-refractivity contribution in [2.75, 3.05) is 26.8 Å². The van der Waals surface area contributed by atoms with Gasteiger partial charge in [-0.25, -0.2) is 0 Å². The van der Waals surface area contributed by atoms with Gasteiger partial charge >= 0.3 is 0 Å². The molecular weight excluding hydrogens is 226 g/mol. The van der Waals surface area contributed by atoms with Crippen LogP contribution in [0.4, 0.5) is 0 Å². The summed E-state index contributed by atoms with van der Waals surface area (Å²) in [6.07, 6.45) is 3.77. The topological polar surface area (TPSA) is 29.5 Å². The highest BCUT2D eigenvalue weighted by atomic mass is 35.5. The first-order chi connectivity index (χ1) is 7.59. The average Bonchev–Trinajstić information content (AvgIpc) is 2.56. The quantitative estimate of drug-likeness (QED) is 0.711. The van der Waals surface area contributed by atoms with Gasteiger partial charge in [0, 0.05) is 26.1 Å². The highest BCUT2D eigenvalue weighted by Crippen LogP contribution is 2.51. The number of amides is 1. The Labute approximate surface area is 102 Å². The summed E-state index contributed by atoms with van der Waals surface area (Å²) in [5, 5.41) is -0.404. The number of hydrogen-bond donors (Lipinski definition) is 0. The number of halogens is 1. The fourth-order valence-corrected chi connectivity index (χ4v) is 3.22. The Morgan fingerprint density at radius 3 is 2.75 bits per heavy atom. The highest BCUT2D eigenvalue weighted by molar-refractivity contribution is 6.30. The summed E-state index contributed by atoms with van der Waals surface area (Å²) in [6.45, 7) is 4.22. The SMILES string of the molecule is COC[C@H]1CN(C(=O)[C@@H](C)Cl)CC12CCC2. The molecule has 92 valence electrons. The molecule has 0 aromatic heterocycles. The van der Waals surface area contributed by atoms with Crippen LogP contribution in [0.25, 0.3) is 0 Å². The molecule has 0 N–H and O–H groups in total. The van der Waals surface area contributed by atoms with Gasteiger partial charge < -0.3 is 9.64 Å². The summed E-state index contributed by atoms with van der Waals surface area (Å²) in [7, 11) is 1.74. The number of alkyl halides is 1. The van der Waals surface area contributed by atoms with Crippen molar-refractivity contribution >= 4 is 17.5 Å². The normalized spacial score (nSPS) is 29.2. The molecule has 0 aromatic rings. The molecule has 2 aliphatic rings. The van der Waals surface area contributed by atoms with Crippen molar-refractivity contribution in [2.24, 2.45) is 11.3 Å². The van der Waals surface area contributed by atoms with Crippen LogP contribution in [0.15, 0.2) is 0 Å². The van der Waals surface area contributed by atoms with Gasteiger partial charge in [0.1, 0.15) is 5.38 Å². The van der Waals surface area contributed by atoms with Crippen LogP contribution in [0.2, 0.25) is 0 Å². The van der Waals surface area contributed by atoms with Gasteiger partial charge in [-0.1, -0.05) is 6.42 Å².